The van der Waals surface area contributed by atoms with Crippen molar-refractivity contribution in [2.75, 3.05) is 14.1 Å². The minimum atomic E-state index is -3.85. The molecule has 1 amide bonds. The van der Waals surface area contributed by atoms with Gasteiger partial charge in [0.2, 0.25) is 10.0 Å². The molecule has 1 aromatic carbocycles. The van der Waals surface area contributed by atoms with Gasteiger partial charge in [0.25, 0.3) is 5.91 Å². The second-order valence-corrected chi connectivity index (χ2v) is 10.0. The summed E-state index contributed by atoms with van der Waals surface area (Å²) in [6, 6.07) is 2.88. The predicted octanol–water partition coefficient (Wildman–Crippen LogP) is 2.56. The lowest BCUT2D eigenvalue weighted by molar-refractivity contribution is -0.130. The van der Waals surface area contributed by atoms with E-state index in [1.165, 1.54) is 21.0 Å². The highest BCUT2D eigenvalue weighted by Crippen LogP contribution is 2.29. The number of hydrogen-bond donors (Lipinski definition) is 1. The van der Waals surface area contributed by atoms with Crippen molar-refractivity contribution < 1.29 is 27.1 Å². The Labute approximate surface area is 171 Å². The van der Waals surface area contributed by atoms with Gasteiger partial charge in [-0.05, 0) is 43.4 Å². The molecule has 2 rings (SSSR count). The van der Waals surface area contributed by atoms with E-state index >= 15 is 0 Å². The first-order valence-corrected chi connectivity index (χ1v) is 11.1. The number of halogens is 1. The first-order valence-electron chi connectivity index (χ1n) is 9.68. The molecule has 0 aliphatic heterocycles. The molecule has 0 spiro atoms. The fourth-order valence-corrected chi connectivity index (χ4v) is 4.32. The quantitative estimate of drug-likeness (QED) is 0.703. The molecule has 1 aromatic rings. The van der Waals surface area contributed by atoms with Crippen LogP contribution in [0.1, 0.15) is 50.4 Å². The van der Waals surface area contributed by atoms with Crippen molar-refractivity contribution in [2.45, 2.75) is 57.1 Å². The molecule has 1 N–H and O–H groups in total. The Hall–Kier alpha value is -2.00. The van der Waals surface area contributed by atoms with Gasteiger partial charge in [-0.15, -0.1) is 0 Å². The van der Waals surface area contributed by atoms with Crippen LogP contribution in [0, 0.1) is 17.7 Å². The number of nitrogens with one attached hydrogen (secondary N) is 1. The van der Waals surface area contributed by atoms with E-state index in [0.29, 0.717) is 11.8 Å². The van der Waals surface area contributed by atoms with Gasteiger partial charge < -0.3 is 10.1 Å². The standard InChI is InChI=1S/C20H29FN2O5S/c1-12-7-6-8-18(13(12)2)22-19(24)14(3)28-20(25)16-11-15(9-10-17(16)21)29(26,27)23(4)5/h9-14,18H,6-8H2,1-5H3,(H,22,24)/t12-,13+,14+,18+/m0/s1. The highest BCUT2D eigenvalue weighted by Gasteiger charge is 2.31. The second kappa shape index (κ2) is 9.21. The third-order valence-electron chi connectivity index (χ3n) is 5.62. The number of rotatable bonds is 6. The molecule has 0 heterocycles. The normalized spacial score (nSPS) is 23.5. The summed E-state index contributed by atoms with van der Waals surface area (Å²) < 4.78 is 44.6. The van der Waals surface area contributed by atoms with Crippen molar-refractivity contribution in [3.05, 3.63) is 29.6 Å². The molecule has 4 atom stereocenters. The van der Waals surface area contributed by atoms with Crippen LogP contribution in [-0.4, -0.2) is 50.8 Å². The Balaban J connectivity index is 2.10. The largest absolute Gasteiger partial charge is 0.449 e. The Kier molecular flexibility index (Phi) is 7.40. The van der Waals surface area contributed by atoms with E-state index in [1.807, 2.05) is 0 Å². The maximum atomic E-state index is 14.1. The number of sulfonamides is 1. The summed E-state index contributed by atoms with van der Waals surface area (Å²) in [5, 5.41) is 2.91. The lowest BCUT2D eigenvalue weighted by Gasteiger charge is -2.35. The van der Waals surface area contributed by atoms with Gasteiger partial charge >= 0.3 is 5.97 Å². The van der Waals surface area contributed by atoms with E-state index in [-0.39, 0.29) is 10.9 Å². The van der Waals surface area contributed by atoms with Crippen LogP contribution in [0.2, 0.25) is 0 Å². The van der Waals surface area contributed by atoms with E-state index in [0.717, 1.165) is 41.8 Å². The highest BCUT2D eigenvalue weighted by molar-refractivity contribution is 7.89. The third-order valence-corrected chi connectivity index (χ3v) is 7.43. The van der Waals surface area contributed by atoms with Crippen LogP contribution in [0.3, 0.4) is 0 Å². The second-order valence-electron chi connectivity index (χ2n) is 7.86. The van der Waals surface area contributed by atoms with Gasteiger partial charge in [-0.3, -0.25) is 4.79 Å². The Morgan fingerprint density at radius 3 is 2.52 bits per heavy atom. The van der Waals surface area contributed by atoms with E-state index in [4.69, 9.17) is 4.74 Å². The zero-order valence-corrected chi connectivity index (χ0v) is 18.3. The minimum Gasteiger partial charge on any atom is -0.449 e. The van der Waals surface area contributed by atoms with Gasteiger partial charge in [0.1, 0.15) is 5.82 Å². The molecular weight excluding hydrogens is 399 g/mol. The monoisotopic (exact) mass is 428 g/mol. The number of benzene rings is 1. The van der Waals surface area contributed by atoms with Crippen LogP contribution in [0.15, 0.2) is 23.1 Å². The van der Waals surface area contributed by atoms with Gasteiger partial charge in [-0.25, -0.2) is 21.9 Å². The Morgan fingerprint density at radius 1 is 1.24 bits per heavy atom. The zero-order valence-electron chi connectivity index (χ0n) is 17.4. The highest BCUT2D eigenvalue weighted by atomic mass is 32.2. The fraction of sp³-hybridized carbons (Fsp3) is 0.600. The summed E-state index contributed by atoms with van der Waals surface area (Å²) in [5.41, 5.74) is -0.535. The molecule has 9 heteroatoms. The van der Waals surface area contributed by atoms with Crippen molar-refractivity contribution in [3.63, 3.8) is 0 Å². The molecule has 0 radical (unpaired) electrons. The topological polar surface area (TPSA) is 92.8 Å². The molecule has 162 valence electrons. The summed E-state index contributed by atoms with van der Waals surface area (Å²) in [6.45, 7) is 5.63. The molecular formula is C20H29FN2O5S. The molecule has 7 nitrogen and oxygen atoms in total. The maximum absolute atomic E-state index is 14.1. The van der Waals surface area contributed by atoms with Crippen molar-refractivity contribution in [1.82, 2.24) is 9.62 Å². The molecule has 29 heavy (non-hydrogen) atoms. The van der Waals surface area contributed by atoms with Crippen LogP contribution in [-0.2, 0) is 19.6 Å². The lowest BCUT2D eigenvalue weighted by Crippen LogP contribution is -2.47. The molecule has 1 aliphatic rings. The number of nitrogens with zero attached hydrogens (tertiary/aromatic N) is 1. The Morgan fingerprint density at radius 2 is 1.90 bits per heavy atom. The molecule has 0 unspecified atom stereocenters. The van der Waals surface area contributed by atoms with Gasteiger partial charge in [-0.1, -0.05) is 26.7 Å². The number of hydrogen-bond acceptors (Lipinski definition) is 5. The molecule has 1 fully saturated rings. The first kappa shape index (κ1) is 23.3. The van der Waals surface area contributed by atoms with E-state index in [1.54, 1.807) is 0 Å². The Bertz CT molecular complexity index is 872. The molecule has 0 saturated heterocycles. The van der Waals surface area contributed by atoms with Crippen molar-refractivity contribution in [3.8, 4) is 0 Å². The lowest BCUT2D eigenvalue weighted by atomic mass is 9.78. The number of carbonyl (C=O) groups is 2. The van der Waals surface area contributed by atoms with Crippen molar-refractivity contribution >= 4 is 21.9 Å². The van der Waals surface area contributed by atoms with Crippen LogP contribution in [0.4, 0.5) is 4.39 Å². The molecule has 1 aliphatic carbocycles. The van der Waals surface area contributed by atoms with Crippen LogP contribution in [0.25, 0.3) is 0 Å². The molecule has 1 saturated carbocycles. The fourth-order valence-electron chi connectivity index (χ4n) is 3.40. The molecule has 0 bridgehead atoms. The number of carbonyl (C=O) groups excluding carboxylic acids is 2. The van der Waals surface area contributed by atoms with E-state index < -0.39 is 39.4 Å². The summed E-state index contributed by atoms with van der Waals surface area (Å²) in [5.74, 6) is -1.67. The van der Waals surface area contributed by atoms with Gasteiger partial charge in [0.15, 0.2) is 6.10 Å². The number of ether oxygens (including phenoxy) is 1. The summed E-state index contributed by atoms with van der Waals surface area (Å²) in [6.07, 6.45) is 1.85. The van der Waals surface area contributed by atoms with E-state index in [9.17, 15) is 22.4 Å². The van der Waals surface area contributed by atoms with Gasteiger partial charge in [-0.2, -0.15) is 0 Å². The summed E-state index contributed by atoms with van der Waals surface area (Å²) in [7, 11) is -1.19. The summed E-state index contributed by atoms with van der Waals surface area (Å²) in [4.78, 5) is 24.6. The van der Waals surface area contributed by atoms with E-state index in [2.05, 4.69) is 19.2 Å². The zero-order chi connectivity index (χ0) is 21.9. The predicted molar refractivity (Wildman–Crippen MR) is 106 cm³/mol. The van der Waals surface area contributed by atoms with Crippen molar-refractivity contribution in [1.29, 1.82) is 0 Å². The maximum Gasteiger partial charge on any atom is 0.341 e. The minimum absolute atomic E-state index is 0.00213. The van der Waals surface area contributed by atoms with Crippen molar-refractivity contribution in [2.24, 2.45) is 11.8 Å². The number of amides is 1. The smallest absolute Gasteiger partial charge is 0.341 e. The van der Waals surface area contributed by atoms with Gasteiger partial charge in [0.05, 0.1) is 10.5 Å². The van der Waals surface area contributed by atoms with Crippen LogP contribution < -0.4 is 5.32 Å². The third kappa shape index (κ3) is 5.33. The van der Waals surface area contributed by atoms with Gasteiger partial charge in [0, 0.05) is 20.1 Å². The summed E-state index contributed by atoms with van der Waals surface area (Å²) >= 11 is 0. The molecule has 0 aromatic heterocycles. The van der Waals surface area contributed by atoms with Crippen LogP contribution in [0.5, 0.6) is 0 Å². The number of esters is 1. The average molecular weight is 429 g/mol. The first-order chi connectivity index (χ1) is 13.4. The SMILES string of the molecule is C[C@@H]1[C@@H](C)CCC[C@H]1NC(=O)[C@@H](C)OC(=O)c1cc(S(=O)(=O)N(C)C)ccc1F. The van der Waals surface area contributed by atoms with Crippen LogP contribution >= 0.6 is 0 Å². The average Bonchev–Trinajstić information content (AvgIpc) is 2.65.